The summed E-state index contributed by atoms with van der Waals surface area (Å²) in [4.78, 5) is 11.9. The number of rotatable bonds is 3. The van der Waals surface area contributed by atoms with E-state index < -0.39 is 12.1 Å². The highest BCUT2D eigenvalue weighted by atomic mass is 35.5. The van der Waals surface area contributed by atoms with Crippen LogP contribution in [0, 0.1) is 0 Å². The van der Waals surface area contributed by atoms with Crippen molar-refractivity contribution in [2.75, 3.05) is 0 Å². The highest BCUT2D eigenvalue weighted by Gasteiger charge is 2.32. The van der Waals surface area contributed by atoms with Crippen molar-refractivity contribution in [1.82, 2.24) is 5.32 Å². The maximum atomic E-state index is 11.9. The Morgan fingerprint density at radius 3 is 2.46 bits per heavy atom. The molecule has 1 aliphatic rings. The summed E-state index contributed by atoms with van der Waals surface area (Å²) in [7, 11) is 0. The third-order valence-corrected chi connectivity index (χ3v) is 3.84. The summed E-state index contributed by atoms with van der Waals surface area (Å²) in [6.45, 7) is 7.20. The van der Waals surface area contributed by atoms with Crippen molar-refractivity contribution in [3.05, 3.63) is 57.7 Å². The minimum atomic E-state index is -0.763. The van der Waals surface area contributed by atoms with E-state index in [2.05, 4.69) is 5.32 Å². The van der Waals surface area contributed by atoms with Gasteiger partial charge in [-0.2, -0.15) is 0 Å². The number of dihydropyridines is 1. The van der Waals surface area contributed by atoms with Gasteiger partial charge in [-0.15, -0.1) is 12.4 Å². The van der Waals surface area contributed by atoms with Crippen LogP contribution < -0.4 is 11.1 Å². The van der Waals surface area contributed by atoms with Crippen LogP contribution in [-0.4, -0.2) is 12.3 Å². The van der Waals surface area contributed by atoms with E-state index in [1.165, 1.54) is 0 Å². The summed E-state index contributed by atoms with van der Waals surface area (Å²) in [6, 6.07) is 7.35. The lowest BCUT2D eigenvalue weighted by Gasteiger charge is -2.30. The van der Waals surface area contributed by atoms with Gasteiger partial charge in [0.1, 0.15) is 5.76 Å². The first-order valence-electron chi connectivity index (χ1n) is 7.38. The van der Waals surface area contributed by atoms with Gasteiger partial charge in [-0.05, 0) is 39.3 Å². The van der Waals surface area contributed by atoms with E-state index in [0.717, 1.165) is 11.3 Å². The molecular formula is C17H22Cl2N2O3. The molecule has 0 fully saturated rings. The van der Waals surface area contributed by atoms with Crippen molar-refractivity contribution in [2.45, 2.75) is 39.7 Å². The molecule has 0 saturated carbocycles. The fourth-order valence-corrected chi connectivity index (χ4v) is 2.69. The maximum Gasteiger partial charge on any atom is 0.513 e. The molecule has 1 unspecified atom stereocenters. The molecule has 0 spiro atoms. The standard InChI is InChI=1S/C17H21ClN2O3.ClH/c1-9(2)22-17(21)23-16-11(4)20-10(3)15(19)14(16)12-7-5-6-8-13(12)18;/h5-9,14,20H,19H2,1-4H3;1H. The second-order valence-electron chi connectivity index (χ2n) is 5.67. The predicted molar refractivity (Wildman–Crippen MR) is 96.9 cm³/mol. The number of ether oxygens (including phenoxy) is 2. The lowest BCUT2D eigenvalue weighted by molar-refractivity contribution is 0.0498. The smallest absolute Gasteiger partial charge is 0.431 e. The van der Waals surface area contributed by atoms with Gasteiger partial charge in [0.15, 0.2) is 0 Å². The van der Waals surface area contributed by atoms with Gasteiger partial charge < -0.3 is 20.5 Å². The number of benzene rings is 1. The van der Waals surface area contributed by atoms with Gasteiger partial charge in [0.25, 0.3) is 0 Å². The highest BCUT2D eigenvalue weighted by molar-refractivity contribution is 6.31. The third-order valence-electron chi connectivity index (χ3n) is 3.49. The SMILES string of the molecule is CC1=C(N)C(c2ccccc2Cl)C(OC(=O)OC(C)C)=C(C)N1.Cl. The van der Waals surface area contributed by atoms with Gasteiger partial charge in [-0.1, -0.05) is 29.8 Å². The zero-order valence-electron chi connectivity index (χ0n) is 14.1. The fraction of sp³-hybridized carbons (Fsp3) is 0.353. The Labute approximate surface area is 153 Å². The Hall–Kier alpha value is -1.85. The Kier molecular flexibility index (Phi) is 6.99. The van der Waals surface area contributed by atoms with Crippen LogP contribution >= 0.6 is 24.0 Å². The summed E-state index contributed by atoms with van der Waals surface area (Å²) >= 11 is 6.31. The summed E-state index contributed by atoms with van der Waals surface area (Å²) in [6.07, 6.45) is -1.03. The molecule has 0 bridgehead atoms. The number of carbonyl (C=O) groups is 1. The van der Waals surface area contributed by atoms with Crippen molar-refractivity contribution >= 4 is 30.2 Å². The molecule has 0 radical (unpaired) electrons. The monoisotopic (exact) mass is 372 g/mol. The van der Waals surface area contributed by atoms with E-state index in [4.69, 9.17) is 26.8 Å². The van der Waals surface area contributed by atoms with Crippen molar-refractivity contribution in [3.8, 4) is 0 Å². The van der Waals surface area contributed by atoms with E-state index in [1.54, 1.807) is 19.9 Å². The normalized spacial score (nSPS) is 17.3. The zero-order valence-corrected chi connectivity index (χ0v) is 15.6. The van der Waals surface area contributed by atoms with Crippen molar-refractivity contribution in [2.24, 2.45) is 5.73 Å². The minimum absolute atomic E-state index is 0. The van der Waals surface area contributed by atoms with Crippen molar-refractivity contribution in [3.63, 3.8) is 0 Å². The number of carbonyl (C=O) groups excluding carboxylic acids is 1. The molecule has 0 aromatic heterocycles. The molecule has 1 heterocycles. The molecule has 0 amide bonds. The van der Waals surface area contributed by atoms with Crippen LogP contribution in [0.25, 0.3) is 0 Å². The minimum Gasteiger partial charge on any atom is -0.431 e. The van der Waals surface area contributed by atoms with E-state index in [-0.39, 0.29) is 18.5 Å². The van der Waals surface area contributed by atoms with Crippen LogP contribution in [0.4, 0.5) is 4.79 Å². The molecule has 24 heavy (non-hydrogen) atoms. The first-order chi connectivity index (χ1) is 10.8. The Balaban J connectivity index is 0.00000288. The molecule has 1 atom stereocenters. The second kappa shape index (κ2) is 8.31. The van der Waals surface area contributed by atoms with Gasteiger partial charge in [0.2, 0.25) is 0 Å². The third kappa shape index (κ3) is 4.36. The van der Waals surface area contributed by atoms with Gasteiger partial charge >= 0.3 is 6.16 Å². The molecule has 3 N–H and O–H groups in total. The van der Waals surface area contributed by atoms with E-state index >= 15 is 0 Å². The molecule has 0 saturated heterocycles. The van der Waals surface area contributed by atoms with Crippen LogP contribution in [-0.2, 0) is 9.47 Å². The second-order valence-corrected chi connectivity index (χ2v) is 6.07. The highest BCUT2D eigenvalue weighted by Crippen LogP contribution is 2.39. The number of hydrogen-bond donors (Lipinski definition) is 2. The summed E-state index contributed by atoms with van der Waals surface area (Å²) in [5.74, 6) is -0.0449. The number of nitrogens with two attached hydrogens (primary N) is 1. The lowest BCUT2D eigenvalue weighted by Crippen LogP contribution is -2.30. The molecule has 7 heteroatoms. The largest absolute Gasteiger partial charge is 0.513 e. The van der Waals surface area contributed by atoms with Gasteiger partial charge in [0.05, 0.1) is 17.7 Å². The average molecular weight is 373 g/mol. The quantitative estimate of drug-likeness (QED) is 0.767. The first-order valence-corrected chi connectivity index (χ1v) is 7.76. The topological polar surface area (TPSA) is 73.6 Å². The number of nitrogens with one attached hydrogen (secondary N) is 1. The molecule has 5 nitrogen and oxygen atoms in total. The molecule has 1 aromatic carbocycles. The average Bonchev–Trinajstić information content (AvgIpc) is 2.45. The van der Waals surface area contributed by atoms with E-state index in [9.17, 15) is 4.79 Å². The Bertz CT molecular complexity index is 684. The molecule has 0 aliphatic carbocycles. The van der Waals surface area contributed by atoms with E-state index in [1.807, 2.05) is 32.0 Å². The van der Waals surface area contributed by atoms with Crippen LogP contribution in [0.1, 0.15) is 39.2 Å². The first kappa shape index (κ1) is 20.2. The van der Waals surface area contributed by atoms with Crippen LogP contribution in [0.15, 0.2) is 47.1 Å². The maximum absolute atomic E-state index is 11.9. The number of halogens is 2. The predicted octanol–water partition coefficient (Wildman–Crippen LogP) is 4.43. The number of allylic oxidation sites excluding steroid dienone is 2. The summed E-state index contributed by atoms with van der Waals surface area (Å²) < 4.78 is 10.5. The number of hydrogen-bond acceptors (Lipinski definition) is 5. The van der Waals surface area contributed by atoms with Gasteiger partial charge in [0, 0.05) is 16.4 Å². The zero-order chi connectivity index (χ0) is 17.1. The summed E-state index contributed by atoms with van der Waals surface area (Å²) in [5.41, 5.74) is 9.07. The van der Waals surface area contributed by atoms with Crippen molar-refractivity contribution < 1.29 is 14.3 Å². The Morgan fingerprint density at radius 2 is 1.88 bits per heavy atom. The van der Waals surface area contributed by atoms with Gasteiger partial charge in [-0.3, -0.25) is 0 Å². The fourth-order valence-electron chi connectivity index (χ4n) is 2.45. The molecule has 2 rings (SSSR count). The van der Waals surface area contributed by atoms with E-state index in [0.29, 0.717) is 22.2 Å². The van der Waals surface area contributed by atoms with Crippen LogP contribution in [0.5, 0.6) is 0 Å². The van der Waals surface area contributed by atoms with Crippen LogP contribution in [0.3, 0.4) is 0 Å². The molecular weight excluding hydrogens is 351 g/mol. The molecule has 132 valence electrons. The summed E-state index contributed by atoms with van der Waals surface area (Å²) in [5, 5.41) is 3.67. The van der Waals surface area contributed by atoms with Crippen LogP contribution in [0.2, 0.25) is 5.02 Å². The van der Waals surface area contributed by atoms with Crippen molar-refractivity contribution in [1.29, 1.82) is 0 Å². The lowest BCUT2D eigenvalue weighted by atomic mass is 9.89. The Morgan fingerprint density at radius 1 is 1.25 bits per heavy atom. The molecule has 1 aromatic rings. The molecule has 1 aliphatic heterocycles. The van der Waals surface area contributed by atoms with Gasteiger partial charge in [-0.25, -0.2) is 4.79 Å².